The summed E-state index contributed by atoms with van der Waals surface area (Å²) in [5.74, 6) is -0.653. The van der Waals surface area contributed by atoms with Crippen LogP contribution in [0.2, 0.25) is 0 Å². The van der Waals surface area contributed by atoms with E-state index in [2.05, 4.69) is 0 Å². The van der Waals surface area contributed by atoms with Crippen LogP contribution < -0.4 is 0 Å². The molecule has 1 saturated heterocycles. The van der Waals surface area contributed by atoms with Crippen LogP contribution in [0.15, 0.2) is 0 Å². The van der Waals surface area contributed by atoms with Crippen LogP contribution in [0.1, 0.15) is 32.6 Å². The van der Waals surface area contributed by atoms with E-state index in [1.807, 2.05) is 0 Å². The van der Waals surface area contributed by atoms with Gasteiger partial charge >= 0.3 is 5.97 Å². The first-order chi connectivity index (χ1) is 7.13. The summed E-state index contributed by atoms with van der Waals surface area (Å²) in [5.41, 5.74) is -0.994. The van der Waals surface area contributed by atoms with Gasteiger partial charge in [0.2, 0.25) is 0 Å². The van der Waals surface area contributed by atoms with Gasteiger partial charge in [-0.3, -0.25) is 0 Å². The van der Waals surface area contributed by atoms with E-state index >= 15 is 0 Å². The third-order valence-corrected chi connectivity index (χ3v) is 3.37. The fourth-order valence-corrected chi connectivity index (χ4v) is 2.03. The molecule has 0 aromatic heterocycles. The lowest BCUT2D eigenvalue weighted by Gasteiger charge is -2.26. The highest BCUT2D eigenvalue weighted by Crippen LogP contribution is 2.42. The van der Waals surface area contributed by atoms with Crippen molar-refractivity contribution in [3.63, 3.8) is 0 Å². The van der Waals surface area contributed by atoms with E-state index in [4.69, 9.17) is 14.6 Å². The topological polar surface area (TPSA) is 55.8 Å². The van der Waals surface area contributed by atoms with Crippen molar-refractivity contribution in [1.29, 1.82) is 0 Å². The van der Waals surface area contributed by atoms with Crippen molar-refractivity contribution >= 4 is 5.97 Å². The fraction of sp³-hybridized carbons (Fsp3) is 0.909. The van der Waals surface area contributed by atoms with Crippen molar-refractivity contribution in [2.24, 2.45) is 5.92 Å². The molecule has 1 aliphatic carbocycles. The molecule has 4 nitrogen and oxygen atoms in total. The van der Waals surface area contributed by atoms with Gasteiger partial charge in [-0.1, -0.05) is 0 Å². The highest BCUT2D eigenvalue weighted by molar-refractivity contribution is 5.77. The molecule has 1 saturated carbocycles. The molecule has 2 aliphatic rings. The maximum Gasteiger partial charge on any atom is 0.335 e. The number of carboxylic acid groups (broad SMARTS) is 1. The van der Waals surface area contributed by atoms with E-state index in [0.29, 0.717) is 6.61 Å². The lowest BCUT2D eigenvalue weighted by atomic mass is 10.0. The Bertz CT molecular complexity index is 243. The van der Waals surface area contributed by atoms with E-state index in [0.717, 1.165) is 32.3 Å². The first-order valence-electron chi connectivity index (χ1n) is 5.62. The molecule has 0 amide bonds. The summed E-state index contributed by atoms with van der Waals surface area (Å²) in [5, 5.41) is 9.15. The number of hydrogen-bond acceptors (Lipinski definition) is 3. The second kappa shape index (κ2) is 4.10. The van der Waals surface area contributed by atoms with Crippen LogP contribution in [-0.4, -0.2) is 36.0 Å². The van der Waals surface area contributed by atoms with E-state index < -0.39 is 11.6 Å². The molecule has 0 bridgehead atoms. The average molecular weight is 214 g/mol. The van der Waals surface area contributed by atoms with E-state index in [1.165, 1.54) is 0 Å². The summed E-state index contributed by atoms with van der Waals surface area (Å²) >= 11 is 0. The van der Waals surface area contributed by atoms with Crippen molar-refractivity contribution in [3.05, 3.63) is 0 Å². The van der Waals surface area contributed by atoms with Gasteiger partial charge in [0.05, 0.1) is 12.7 Å². The third kappa shape index (κ3) is 2.32. The molecule has 0 radical (unpaired) electrons. The van der Waals surface area contributed by atoms with Gasteiger partial charge < -0.3 is 14.6 Å². The minimum Gasteiger partial charge on any atom is -0.479 e. The number of carbonyl (C=O) groups is 1. The lowest BCUT2D eigenvalue weighted by Crippen LogP contribution is -2.42. The fourth-order valence-electron chi connectivity index (χ4n) is 2.03. The Hall–Kier alpha value is -0.610. The van der Waals surface area contributed by atoms with Gasteiger partial charge in [-0.15, -0.1) is 0 Å². The summed E-state index contributed by atoms with van der Waals surface area (Å²) in [7, 11) is 0. The molecule has 1 aliphatic heterocycles. The normalized spacial score (nSPS) is 30.1. The molecule has 0 aromatic carbocycles. The summed E-state index contributed by atoms with van der Waals surface area (Å²) in [6.45, 7) is 2.88. The van der Waals surface area contributed by atoms with Crippen LogP contribution in [0.3, 0.4) is 0 Å². The maximum absolute atomic E-state index is 11.1. The van der Waals surface area contributed by atoms with Crippen LogP contribution in [0.25, 0.3) is 0 Å². The van der Waals surface area contributed by atoms with Crippen molar-refractivity contribution in [2.45, 2.75) is 44.3 Å². The van der Waals surface area contributed by atoms with Gasteiger partial charge in [-0.05, 0) is 38.5 Å². The summed E-state index contributed by atoms with van der Waals surface area (Å²) in [6, 6.07) is 0. The molecule has 1 N–H and O–H groups in total. The minimum absolute atomic E-state index is 0.0995. The second-order valence-electron chi connectivity index (χ2n) is 4.63. The number of rotatable bonds is 5. The maximum atomic E-state index is 11.1. The molecule has 86 valence electrons. The first kappa shape index (κ1) is 10.9. The summed E-state index contributed by atoms with van der Waals surface area (Å²) in [6.07, 6.45) is 4.08. The summed E-state index contributed by atoms with van der Waals surface area (Å²) in [4.78, 5) is 11.1. The van der Waals surface area contributed by atoms with Crippen molar-refractivity contribution in [2.75, 3.05) is 13.2 Å². The predicted molar refractivity (Wildman–Crippen MR) is 53.7 cm³/mol. The second-order valence-corrected chi connectivity index (χ2v) is 4.63. The molecule has 1 heterocycles. The molecule has 0 aromatic rings. The largest absolute Gasteiger partial charge is 0.479 e. The molecule has 4 heteroatoms. The lowest BCUT2D eigenvalue weighted by molar-refractivity contribution is -0.170. The van der Waals surface area contributed by atoms with Crippen LogP contribution >= 0.6 is 0 Å². The van der Waals surface area contributed by atoms with Crippen LogP contribution in [0.5, 0.6) is 0 Å². The van der Waals surface area contributed by atoms with Gasteiger partial charge in [-0.25, -0.2) is 4.79 Å². The van der Waals surface area contributed by atoms with E-state index in [9.17, 15) is 4.79 Å². The van der Waals surface area contributed by atoms with E-state index in [-0.39, 0.29) is 12.0 Å². The molecule has 2 fully saturated rings. The van der Waals surface area contributed by atoms with Crippen molar-refractivity contribution in [3.8, 4) is 0 Å². The molecule has 15 heavy (non-hydrogen) atoms. The monoisotopic (exact) mass is 214 g/mol. The quantitative estimate of drug-likeness (QED) is 0.752. The van der Waals surface area contributed by atoms with Crippen LogP contribution in [0, 0.1) is 5.92 Å². The van der Waals surface area contributed by atoms with Crippen LogP contribution in [-0.2, 0) is 14.3 Å². The molecule has 2 unspecified atom stereocenters. The van der Waals surface area contributed by atoms with Gasteiger partial charge in [0.1, 0.15) is 0 Å². The highest BCUT2D eigenvalue weighted by atomic mass is 16.6. The molecule has 2 rings (SSSR count). The third-order valence-electron chi connectivity index (χ3n) is 3.37. The zero-order valence-electron chi connectivity index (χ0n) is 9.07. The number of aliphatic carboxylic acids is 1. The predicted octanol–water partition coefficient (Wildman–Crippen LogP) is 1.44. The number of ether oxygens (including phenoxy) is 2. The Morgan fingerprint density at radius 3 is 2.73 bits per heavy atom. The Labute approximate surface area is 89.6 Å². The SMILES string of the molecule is CC(OCC1CCCO1)(C(=O)O)C1CC1. The van der Waals surface area contributed by atoms with Gasteiger partial charge in [0.25, 0.3) is 0 Å². The van der Waals surface area contributed by atoms with E-state index in [1.54, 1.807) is 6.92 Å². The Kier molecular flexibility index (Phi) is 2.98. The summed E-state index contributed by atoms with van der Waals surface area (Å²) < 4.78 is 11.0. The first-order valence-corrected chi connectivity index (χ1v) is 5.62. The standard InChI is InChI=1S/C11H18O4/c1-11(10(12)13,8-4-5-8)15-7-9-3-2-6-14-9/h8-9H,2-7H2,1H3,(H,12,13). The van der Waals surface area contributed by atoms with Gasteiger partial charge in [-0.2, -0.15) is 0 Å². The van der Waals surface area contributed by atoms with Crippen LogP contribution in [0.4, 0.5) is 0 Å². The molecule has 0 spiro atoms. The number of carboxylic acids is 1. The van der Waals surface area contributed by atoms with Crippen molar-refractivity contribution < 1.29 is 19.4 Å². The minimum atomic E-state index is -0.994. The highest BCUT2D eigenvalue weighted by Gasteiger charge is 2.49. The smallest absolute Gasteiger partial charge is 0.335 e. The zero-order chi connectivity index (χ0) is 10.9. The Balaban J connectivity index is 1.86. The van der Waals surface area contributed by atoms with Crippen molar-refractivity contribution in [1.82, 2.24) is 0 Å². The molecular weight excluding hydrogens is 196 g/mol. The molecular formula is C11H18O4. The average Bonchev–Trinajstić information content (AvgIpc) is 2.93. The Morgan fingerprint density at radius 1 is 1.53 bits per heavy atom. The Morgan fingerprint density at radius 2 is 2.27 bits per heavy atom. The zero-order valence-corrected chi connectivity index (χ0v) is 9.07. The number of hydrogen-bond donors (Lipinski definition) is 1. The van der Waals surface area contributed by atoms with Gasteiger partial charge in [0, 0.05) is 6.61 Å². The van der Waals surface area contributed by atoms with Gasteiger partial charge in [0.15, 0.2) is 5.60 Å². The molecule has 2 atom stereocenters.